The number of carbonyl (C=O) groups excluding carboxylic acids is 1. The SMILES string of the molecule is Cc1ccccc1N1CCN(C(=O)Cn2cc(-c3nnc(C(C)C)o3)ccc2=O)CC1. The van der Waals surface area contributed by atoms with E-state index in [1.165, 1.54) is 21.9 Å². The van der Waals surface area contributed by atoms with Crippen LogP contribution in [-0.2, 0) is 11.3 Å². The van der Waals surface area contributed by atoms with Gasteiger partial charge in [0, 0.05) is 50.0 Å². The maximum atomic E-state index is 12.9. The summed E-state index contributed by atoms with van der Waals surface area (Å²) in [4.78, 5) is 29.3. The van der Waals surface area contributed by atoms with Crippen molar-refractivity contribution in [3.63, 3.8) is 0 Å². The number of aromatic nitrogens is 3. The molecular weight excluding hydrogens is 394 g/mol. The van der Waals surface area contributed by atoms with Gasteiger partial charge in [-0.3, -0.25) is 9.59 Å². The molecule has 3 aromatic rings. The number of rotatable bonds is 5. The molecule has 0 bridgehead atoms. The summed E-state index contributed by atoms with van der Waals surface area (Å²) in [6.45, 7) is 8.82. The summed E-state index contributed by atoms with van der Waals surface area (Å²) in [5.74, 6) is 0.927. The van der Waals surface area contributed by atoms with E-state index in [2.05, 4.69) is 34.2 Å². The molecule has 0 N–H and O–H groups in total. The zero-order chi connectivity index (χ0) is 22.0. The van der Waals surface area contributed by atoms with Crippen LogP contribution in [0, 0.1) is 6.92 Å². The minimum atomic E-state index is -0.237. The number of carbonyl (C=O) groups is 1. The first-order valence-electron chi connectivity index (χ1n) is 10.5. The van der Waals surface area contributed by atoms with Crippen LogP contribution in [0.4, 0.5) is 5.69 Å². The van der Waals surface area contributed by atoms with Gasteiger partial charge in [-0.15, -0.1) is 10.2 Å². The summed E-state index contributed by atoms with van der Waals surface area (Å²) in [5, 5.41) is 8.09. The average Bonchev–Trinajstić information content (AvgIpc) is 3.26. The number of anilines is 1. The molecule has 0 spiro atoms. The third kappa shape index (κ3) is 4.52. The smallest absolute Gasteiger partial charge is 0.251 e. The third-order valence-corrected chi connectivity index (χ3v) is 5.56. The number of hydrogen-bond donors (Lipinski definition) is 0. The fraction of sp³-hybridized carbons (Fsp3) is 0.391. The summed E-state index contributed by atoms with van der Waals surface area (Å²) in [5.41, 5.74) is 2.82. The lowest BCUT2D eigenvalue weighted by molar-refractivity contribution is -0.132. The molecule has 8 nitrogen and oxygen atoms in total. The first-order chi connectivity index (χ1) is 14.9. The van der Waals surface area contributed by atoms with Gasteiger partial charge in [0.1, 0.15) is 6.54 Å². The molecule has 31 heavy (non-hydrogen) atoms. The van der Waals surface area contributed by atoms with Gasteiger partial charge in [0.2, 0.25) is 17.7 Å². The number of hydrogen-bond acceptors (Lipinski definition) is 6. The molecule has 0 aliphatic carbocycles. The Labute approximate surface area is 181 Å². The first-order valence-corrected chi connectivity index (χ1v) is 10.5. The lowest BCUT2D eigenvalue weighted by Crippen LogP contribution is -2.50. The van der Waals surface area contributed by atoms with E-state index >= 15 is 0 Å². The van der Waals surface area contributed by atoms with Crippen LogP contribution in [0.5, 0.6) is 0 Å². The molecule has 1 aliphatic heterocycles. The lowest BCUT2D eigenvalue weighted by atomic mass is 10.1. The van der Waals surface area contributed by atoms with Crippen LogP contribution in [0.15, 0.2) is 51.8 Å². The van der Waals surface area contributed by atoms with E-state index < -0.39 is 0 Å². The Hall–Kier alpha value is -3.42. The molecule has 1 saturated heterocycles. The van der Waals surface area contributed by atoms with Crippen molar-refractivity contribution >= 4 is 11.6 Å². The van der Waals surface area contributed by atoms with E-state index in [4.69, 9.17) is 4.42 Å². The second kappa shape index (κ2) is 8.75. The highest BCUT2D eigenvalue weighted by Crippen LogP contribution is 2.22. The molecule has 4 rings (SSSR count). The van der Waals surface area contributed by atoms with E-state index in [9.17, 15) is 9.59 Å². The van der Waals surface area contributed by atoms with Crippen LogP contribution in [-0.4, -0.2) is 51.8 Å². The average molecular weight is 422 g/mol. The zero-order valence-electron chi connectivity index (χ0n) is 18.1. The van der Waals surface area contributed by atoms with Crippen LogP contribution in [0.2, 0.25) is 0 Å². The number of amides is 1. The molecule has 3 heterocycles. The van der Waals surface area contributed by atoms with Crippen molar-refractivity contribution in [2.45, 2.75) is 33.2 Å². The summed E-state index contributed by atoms with van der Waals surface area (Å²) >= 11 is 0. The molecule has 0 atom stereocenters. The molecule has 0 radical (unpaired) electrons. The topological polar surface area (TPSA) is 84.5 Å². The van der Waals surface area contributed by atoms with Gasteiger partial charge in [0.15, 0.2) is 0 Å². The van der Waals surface area contributed by atoms with Crippen molar-refractivity contribution in [2.75, 3.05) is 31.1 Å². The fourth-order valence-corrected chi connectivity index (χ4v) is 3.73. The Morgan fingerprint density at radius 2 is 1.81 bits per heavy atom. The van der Waals surface area contributed by atoms with E-state index in [1.807, 2.05) is 30.9 Å². The molecule has 0 saturated carbocycles. The molecule has 1 amide bonds. The number of para-hydroxylation sites is 1. The van der Waals surface area contributed by atoms with Gasteiger partial charge in [0.05, 0.1) is 5.56 Å². The van der Waals surface area contributed by atoms with Gasteiger partial charge in [-0.1, -0.05) is 32.0 Å². The van der Waals surface area contributed by atoms with Crippen LogP contribution in [0.1, 0.15) is 31.2 Å². The van der Waals surface area contributed by atoms with Gasteiger partial charge >= 0.3 is 0 Å². The van der Waals surface area contributed by atoms with Crippen LogP contribution in [0.3, 0.4) is 0 Å². The first kappa shape index (κ1) is 20.8. The zero-order valence-corrected chi connectivity index (χ0v) is 18.1. The normalized spacial score (nSPS) is 14.3. The maximum absolute atomic E-state index is 12.9. The molecule has 0 unspecified atom stereocenters. The predicted molar refractivity (Wildman–Crippen MR) is 118 cm³/mol. The van der Waals surface area contributed by atoms with Crippen molar-refractivity contribution in [2.24, 2.45) is 0 Å². The number of nitrogens with zero attached hydrogens (tertiary/aromatic N) is 5. The Kier molecular flexibility index (Phi) is 5.88. The van der Waals surface area contributed by atoms with E-state index in [0.717, 1.165) is 13.1 Å². The third-order valence-electron chi connectivity index (χ3n) is 5.56. The fourth-order valence-electron chi connectivity index (χ4n) is 3.73. The van der Waals surface area contributed by atoms with Gasteiger partial charge in [-0.05, 0) is 24.6 Å². The Morgan fingerprint density at radius 1 is 1.06 bits per heavy atom. The predicted octanol–water partition coefficient (Wildman–Crippen LogP) is 2.68. The minimum Gasteiger partial charge on any atom is -0.420 e. The summed E-state index contributed by atoms with van der Waals surface area (Å²) in [6, 6.07) is 11.3. The van der Waals surface area contributed by atoms with Crippen molar-refractivity contribution < 1.29 is 9.21 Å². The van der Waals surface area contributed by atoms with Crippen molar-refractivity contribution in [1.29, 1.82) is 0 Å². The quantitative estimate of drug-likeness (QED) is 0.630. The number of pyridine rings is 1. The largest absolute Gasteiger partial charge is 0.420 e. The summed E-state index contributed by atoms with van der Waals surface area (Å²) in [6.07, 6.45) is 1.61. The highest BCUT2D eigenvalue weighted by atomic mass is 16.4. The number of aryl methyl sites for hydroxylation is 1. The minimum absolute atomic E-state index is 0.0117. The van der Waals surface area contributed by atoms with Crippen molar-refractivity contribution in [3.05, 3.63) is 64.4 Å². The molecule has 1 fully saturated rings. The van der Waals surface area contributed by atoms with Crippen LogP contribution in [0.25, 0.3) is 11.5 Å². The lowest BCUT2D eigenvalue weighted by Gasteiger charge is -2.36. The highest BCUT2D eigenvalue weighted by Gasteiger charge is 2.22. The molecule has 8 heteroatoms. The van der Waals surface area contributed by atoms with Gasteiger partial charge in [-0.2, -0.15) is 0 Å². The molecule has 1 aliphatic rings. The van der Waals surface area contributed by atoms with Crippen molar-refractivity contribution in [3.8, 4) is 11.5 Å². The Bertz CT molecular complexity index is 1130. The molecule has 162 valence electrons. The van der Waals surface area contributed by atoms with Gasteiger partial charge < -0.3 is 18.8 Å². The standard InChI is InChI=1S/C23H27N5O3/c1-16(2)22-24-25-23(31-22)18-8-9-20(29)28(14-18)15-21(30)27-12-10-26(11-13-27)19-7-5-4-6-17(19)3/h4-9,14,16H,10-13,15H2,1-3H3. The maximum Gasteiger partial charge on any atom is 0.251 e. The van der Waals surface area contributed by atoms with E-state index in [-0.39, 0.29) is 23.9 Å². The van der Waals surface area contributed by atoms with E-state index in [0.29, 0.717) is 30.4 Å². The molecule has 1 aromatic carbocycles. The number of benzene rings is 1. The summed E-state index contributed by atoms with van der Waals surface area (Å²) in [7, 11) is 0. The van der Waals surface area contributed by atoms with E-state index in [1.54, 1.807) is 12.3 Å². The Morgan fingerprint density at radius 3 is 2.48 bits per heavy atom. The van der Waals surface area contributed by atoms with Crippen LogP contribution >= 0.6 is 0 Å². The second-order valence-electron chi connectivity index (χ2n) is 8.14. The monoisotopic (exact) mass is 421 g/mol. The van der Waals surface area contributed by atoms with Gasteiger partial charge in [-0.25, -0.2) is 0 Å². The van der Waals surface area contributed by atoms with Gasteiger partial charge in [0.25, 0.3) is 5.56 Å². The molecule has 2 aromatic heterocycles. The number of piperazine rings is 1. The second-order valence-corrected chi connectivity index (χ2v) is 8.14. The van der Waals surface area contributed by atoms with Crippen LogP contribution < -0.4 is 10.5 Å². The Balaban J connectivity index is 1.43. The molecular formula is C23H27N5O3. The summed E-state index contributed by atoms with van der Waals surface area (Å²) < 4.78 is 7.08. The van der Waals surface area contributed by atoms with Crippen molar-refractivity contribution in [1.82, 2.24) is 19.7 Å². The highest BCUT2D eigenvalue weighted by molar-refractivity contribution is 5.76.